The Labute approximate surface area is 145 Å². The van der Waals surface area contributed by atoms with E-state index < -0.39 is 18.5 Å². The van der Waals surface area contributed by atoms with E-state index in [1.807, 2.05) is 6.08 Å². The molecule has 1 fully saturated rings. The summed E-state index contributed by atoms with van der Waals surface area (Å²) < 4.78 is 22.6. The van der Waals surface area contributed by atoms with Gasteiger partial charge in [0, 0.05) is 29.6 Å². The van der Waals surface area contributed by atoms with Crippen molar-refractivity contribution in [1.29, 1.82) is 0 Å². The summed E-state index contributed by atoms with van der Waals surface area (Å²) in [6.07, 6.45) is 0.362. The summed E-state index contributed by atoms with van der Waals surface area (Å²) >= 11 is 0. The van der Waals surface area contributed by atoms with E-state index in [1.165, 1.54) is 5.57 Å². The minimum atomic E-state index is -1.14. The summed E-state index contributed by atoms with van der Waals surface area (Å²) in [7, 11) is 3.66. The van der Waals surface area contributed by atoms with Gasteiger partial charge in [0.15, 0.2) is 17.8 Å². The molecule has 5 rings (SSSR count). The summed E-state index contributed by atoms with van der Waals surface area (Å²) in [6, 6.07) is 1.87. The number of benzene rings is 1. The molecule has 0 radical (unpaired) electrons. The molecule has 1 aromatic carbocycles. The van der Waals surface area contributed by atoms with Crippen molar-refractivity contribution >= 4 is 0 Å². The van der Waals surface area contributed by atoms with Gasteiger partial charge in [-0.05, 0) is 19.5 Å². The second kappa shape index (κ2) is 5.35. The first-order valence-corrected chi connectivity index (χ1v) is 8.53. The monoisotopic (exact) mass is 347 g/mol. The fraction of sp³-hybridized carbons (Fsp3) is 0.556. The van der Waals surface area contributed by atoms with E-state index in [-0.39, 0.29) is 18.8 Å². The molecule has 7 heteroatoms. The highest BCUT2D eigenvalue weighted by Gasteiger charge is 2.51. The Morgan fingerprint density at radius 2 is 2.12 bits per heavy atom. The molecule has 0 amide bonds. The molecule has 4 aliphatic rings. The zero-order valence-corrected chi connectivity index (χ0v) is 14.1. The lowest BCUT2D eigenvalue weighted by Crippen LogP contribution is -2.50. The number of nitrogens with zero attached hydrogens (tertiary/aromatic N) is 1. The van der Waals surface area contributed by atoms with Crippen molar-refractivity contribution in [3.05, 3.63) is 28.8 Å². The number of methoxy groups -OCH3 is 1. The predicted octanol–water partition coefficient (Wildman–Crippen LogP) is 0.902. The number of likely N-dealkylation sites (tertiary alicyclic amines) is 1. The fourth-order valence-electron chi connectivity index (χ4n) is 4.77. The van der Waals surface area contributed by atoms with Crippen molar-refractivity contribution in [2.45, 2.75) is 36.9 Å². The van der Waals surface area contributed by atoms with Crippen LogP contribution < -0.4 is 14.2 Å². The maximum absolute atomic E-state index is 10.6. The van der Waals surface area contributed by atoms with Crippen LogP contribution in [-0.2, 0) is 4.74 Å². The van der Waals surface area contributed by atoms with Crippen LogP contribution in [0.25, 0.3) is 0 Å². The lowest BCUT2D eigenvalue weighted by molar-refractivity contribution is -0.186. The molecular formula is C18H21NO6. The molecule has 3 heterocycles. The van der Waals surface area contributed by atoms with Gasteiger partial charge in [-0.3, -0.25) is 4.90 Å². The minimum Gasteiger partial charge on any atom is -0.492 e. The van der Waals surface area contributed by atoms with E-state index in [0.29, 0.717) is 22.8 Å². The maximum atomic E-state index is 10.6. The van der Waals surface area contributed by atoms with Gasteiger partial charge in [0.2, 0.25) is 12.5 Å². The molecule has 134 valence electrons. The van der Waals surface area contributed by atoms with Gasteiger partial charge >= 0.3 is 0 Å². The Bertz CT molecular complexity index is 762. The number of likely N-dealkylation sites (N-methyl/N-ethyl adjacent to an activating group) is 1. The van der Waals surface area contributed by atoms with Crippen LogP contribution in [-0.4, -0.2) is 60.9 Å². The number of aliphatic hydroxyl groups is 2. The first-order chi connectivity index (χ1) is 12.1. The van der Waals surface area contributed by atoms with Crippen molar-refractivity contribution in [2.75, 3.05) is 27.5 Å². The maximum Gasteiger partial charge on any atom is 0.231 e. The van der Waals surface area contributed by atoms with Gasteiger partial charge < -0.3 is 29.2 Å². The summed E-state index contributed by atoms with van der Waals surface area (Å²) in [5.41, 5.74) is 2.68. The standard InChI is InChI=1S/C18H21NO6/c1-19-4-3-8-5-10(20)15-13(14(8)19)12-9(18(21)25-15)6-11-16(17(12)22-2)24-7-23-11/h5-6,10,13-15,18,20-21H,3-4,7H2,1-2H3/t10-,13-,14-,15+,18-/m0/s1. The lowest BCUT2D eigenvalue weighted by Gasteiger charge is -2.46. The van der Waals surface area contributed by atoms with Gasteiger partial charge in [0.05, 0.1) is 19.3 Å². The van der Waals surface area contributed by atoms with Crippen molar-refractivity contribution in [3.63, 3.8) is 0 Å². The third kappa shape index (κ3) is 2.01. The third-order valence-electron chi connectivity index (χ3n) is 5.80. The quantitative estimate of drug-likeness (QED) is 0.731. The highest BCUT2D eigenvalue weighted by atomic mass is 16.7. The van der Waals surface area contributed by atoms with E-state index in [2.05, 4.69) is 11.9 Å². The van der Waals surface area contributed by atoms with Gasteiger partial charge in [0.25, 0.3) is 0 Å². The number of ether oxygens (including phenoxy) is 4. The molecular weight excluding hydrogens is 326 g/mol. The smallest absolute Gasteiger partial charge is 0.231 e. The largest absolute Gasteiger partial charge is 0.492 e. The third-order valence-corrected chi connectivity index (χ3v) is 5.80. The van der Waals surface area contributed by atoms with Gasteiger partial charge in [0.1, 0.15) is 0 Å². The first kappa shape index (κ1) is 15.5. The van der Waals surface area contributed by atoms with E-state index in [0.717, 1.165) is 18.5 Å². The number of hydrogen-bond acceptors (Lipinski definition) is 7. The van der Waals surface area contributed by atoms with Crippen LogP contribution in [0, 0.1) is 0 Å². The average molecular weight is 347 g/mol. The van der Waals surface area contributed by atoms with Crippen molar-refractivity contribution in [3.8, 4) is 17.2 Å². The molecule has 7 nitrogen and oxygen atoms in total. The van der Waals surface area contributed by atoms with Crippen molar-refractivity contribution < 1.29 is 29.2 Å². The van der Waals surface area contributed by atoms with Crippen LogP contribution in [0.5, 0.6) is 17.2 Å². The Morgan fingerprint density at radius 3 is 2.92 bits per heavy atom. The summed E-state index contributed by atoms with van der Waals surface area (Å²) in [5, 5.41) is 21.2. The summed E-state index contributed by atoms with van der Waals surface area (Å²) in [4.78, 5) is 2.27. The normalized spacial score (nSPS) is 35.7. The van der Waals surface area contributed by atoms with Crippen LogP contribution in [0.1, 0.15) is 29.8 Å². The second-order valence-electron chi connectivity index (χ2n) is 7.03. The topological polar surface area (TPSA) is 80.6 Å². The average Bonchev–Trinajstić information content (AvgIpc) is 3.20. The molecule has 0 unspecified atom stereocenters. The van der Waals surface area contributed by atoms with Crippen LogP contribution in [0.15, 0.2) is 17.7 Å². The molecule has 1 aliphatic carbocycles. The van der Waals surface area contributed by atoms with E-state index in [1.54, 1.807) is 13.2 Å². The molecule has 3 aliphatic heterocycles. The number of hydrogen-bond donors (Lipinski definition) is 2. The Kier molecular flexibility index (Phi) is 3.31. The Balaban J connectivity index is 1.75. The van der Waals surface area contributed by atoms with Crippen molar-refractivity contribution in [2.24, 2.45) is 0 Å². The molecule has 0 saturated carbocycles. The zero-order chi connectivity index (χ0) is 17.3. The summed E-state index contributed by atoms with van der Waals surface area (Å²) in [6.45, 7) is 1.05. The highest BCUT2D eigenvalue weighted by molar-refractivity contribution is 5.63. The van der Waals surface area contributed by atoms with Crippen LogP contribution in [0.4, 0.5) is 0 Å². The van der Waals surface area contributed by atoms with E-state index in [4.69, 9.17) is 18.9 Å². The van der Waals surface area contributed by atoms with Crippen molar-refractivity contribution in [1.82, 2.24) is 4.90 Å². The molecule has 0 bridgehead atoms. The first-order valence-electron chi connectivity index (χ1n) is 8.53. The van der Waals surface area contributed by atoms with Gasteiger partial charge in [-0.2, -0.15) is 0 Å². The Morgan fingerprint density at radius 1 is 1.28 bits per heavy atom. The number of rotatable bonds is 1. The molecule has 5 atom stereocenters. The fourth-order valence-corrected chi connectivity index (χ4v) is 4.77. The Hall–Kier alpha value is -1.80. The molecule has 0 spiro atoms. The van der Waals surface area contributed by atoms with E-state index in [9.17, 15) is 10.2 Å². The van der Waals surface area contributed by atoms with Gasteiger partial charge in [-0.1, -0.05) is 11.6 Å². The number of aliphatic hydroxyl groups excluding tert-OH is 2. The minimum absolute atomic E-state index is 0.105. The molecule has 0 aromatic heterocycles. The molecule has 25 heavy (non-hydrogen) atoms. The highest BCUT2D eigenvalue weighted by Crippen LogP contribution is 2.56. The number of fused-ring (bicyclic) bond motifs is 6. The van der Waals surface area contributed by atoms with E-state index >= 15 is 0 Å². The molecule has 1 saturated heterocycles. The van der Waals surface area contributed by atoms with Crippen LogP contribution >= 0.6 is 0 Å². The van der Waals surface area contributed by atoms with Gasteiger partial charge in [-0.25, -0.2) is 0 Å². The predicted molar refractivity (Wildman–Crippen MR) is 86.8 cm³/mol. The summed E-state index contributed by atoms with van der Waals surface area (Å²) in [5.74, 6) is 1.52. The lowest BCUT2D eigenvalue weighted by atomic mass is 9.73. The zero-order valence-electron chi connectivity index (χ0n) is 14.1. The molecule has 1 aromatic rings. The second-order valence-corrected chi connectivity index (χ2v) is 7.03. The molecule has 2 N–H and O–H groups in total. The van der Waals surface area contributed by atoms with Crippen LogP contribution in [0.3, 0.4) is 0 Å². The SMILES string of the molecule is COc1c2c(cc3c1[C@@H]1[C@H](O[C@@H]3O)[C@@H](O)C=C3CCN(C)[C@@H]31)OCO2. The van der Waals surface area contributed by atoms with Gasteiger partial charge in [-0.15, -0.1) is 0 Å². The van der Waals surface area contributed by atoms with Crippen LogP contribution in [0.2, 0.25) is 0 Å².